The van der Waals surface area contributed by atoms with Crippen LogP contribution in [0.5, 0.6) is 5.75 Å². The number of anilines is 2. The summed E-state index contributed by atoms with van der Waals surface area (Å²) in [5.41, 5.74) is 6.90. The molecular formula is C14H19N3O3. The summed E-state index contributed by atoms with van der Waals surface area (Å²) < 4.78 is 5.44. The predicted octanol–water partition coefficient (Wildman–Crippen LogP) is 1.33. The molecule has 1 aromatic carbocycles. The fourth-order valence-corrected chi connectivity index (χ4v) is 1.81. The van der Waals surface area contributed by atoms with Gasteiger partial charge >= 0.3 is 0 Å². The van der Waals surface area contributed by atoms with Gasteiger partial charge in [-0.1, -0.05) is 13.8 Å². The van der Waals surface area contributed by atoms with Gasteiger partial charge < -0.3 is 21.1 Å². The molecule has 2 atom stereocenters. The van der Waals surface area contributed by atoms with Crippen LogP contribution in [0.1, 0.15) is 20.8 Å². The van der Waals surface area contributed by atoms with Crippen LogP contribution in [0.25, 0.3) is 0 Å². The van der Waals surface area contributed by atoms with Gasteiger partial charge in [0, 0.05) is 5.69 Å². The zero-order valence-electron chi connectivity index (χ0n) is 11.8. The van der Waals surface area contributed by atoms with Crippen molar-refractivity contribution in [1.29, 1.82) is 0 Å². The summed E-state index contributed by atoms with van der Waals surface area (Å²) in [7, 11) is 0. The summed E-state index contributed by atoms with van der Waals surface area (Å²) in [5, 5.41) is 5.46. The van der Waals surface area contributed by atoms with Gasteiger partial charge in [0.05, 0.1) is 11.7 Å². The number of carbonyl (C=O) groups is 2. The van der Waals surface area contributed by atoms with Crippen LogP contribution in [-0.2, 0) is 9.59 Å². The third-order valence-corrected chi connectivity index (χ3v) is 3.20. The minimum absolute atomic E-state index is 0.0523. The summed E-state index contributed by atoms with van der Waals surface area (Å²) in [4.78, 5) is 23.4. The molecule has 0 saturated heterocycles. The van der Waals surface area contributed by atoms with E-state index in [1.54, 1.807) is 25.1 Å². The summed E-state index contributed by atoms with van der Waals surface area (Å²) in [6.07, 6.45) is -0.516. The first-order chi connectivity index (χ1) is 9.38. The quantitative estimate of drug-likeness (QED) is 0.777. The first-order valence-corrected chi connectivity index (χ1v) is 6.56. The number of carbonyl (C=O) groups excluding carboxylic acids is 2. The van der Waals surface area contributed by atoms with Gasteiger partial charge in [-0.15, -0.1) is 0 Å². The van der Waals surface area contributed by atoms with E-state index >= 15 is 0 Å². The molecule has 1 unspecified atom stereocenters. The maximum atomic E-state index is 11.9. The van der Waals surface area contributed by atoms with Crippen molar-refractivity contribution in [3.05, 3.63) is 18.2 Å². The monoisotopic (exact) mass is 277 g/mol. The van der Waals surface area contributed by atoms with E-state index in [9.17, 15) is 9.59 Å². The first kappa shape index (κ1) is 14.3. The van der Waals surface area contributed by atoms with Crippen molar-refractivity contribution in [3.8, 4) is 5.75 Å². The molecule has 1 aliphatic rings. The highest BCUT2D eigenvalue weighted by Crippen LogP contribution is 2.32. The molecule has 0 aliphatic carbocycles. The van der Waals surface area contributed by atoms with E-state index in [4.69, 9.17) is 10.5 Å². The van der Waals surface area contributed by atoms with Gasteiger partial charge in [-0.2, -0.15) is 0 Å². The third kappa shape index (κ3) is 2.91. The van der Waals surface area contributed by atoms with E-state index in [1.807, 2.05) is 13.8 Å². The first-order valence-electron chi connectivity index (χ1n) is 6.56. The van der Waals surface area contributed by atoms with Gasteiger partial charge in [0.1, 0.15) is 5.75 Å². The zero-order chi connectivity index (χ0) is 14.9. The molecule has 4 N–H and O–H groups in total. The number of fused-ring (bicyclic) bond motifs is 1. The molecule has 108 valence electrons. The molecule has 1 aromatic rings. The van der Waals surface area contributed by atoms with Crippen LogP contribution in [0.4, 0.5) is 11.4 Å². The Bertz CT molecular complexity index is 542. The minimum Gasteiger partial charge on any atom is -0.479 e. The Morgan fingerprint density at radius 1 is 1.45 bits per heavy atom. The van der Waals surface area contributed by atoms with E-state index in [1.165, 1.54) is 0 Å². The molecule has 20 heavy (non-hydrogen) atoms. The van der Waals surface area contributed by atoms with Crippen LogP contribution in [0.3, 0.4) is 0 Å². The van der Waals surface area contributed by atoms with Gasteiger partial charge in [0.2, 0.25) is 5.91 Å². The third-order valence-electron chi connectivity index (χ3n) is 3.20. The molecule has 6 nitrogen and oxygen atoms in total. The van der Waals surface area contributed by atoms with Crippen molar-refractivity contribution in [2.45, 2.75) is 32.9 Å². The standard InChI is InChI=1S/C14H19N3O3/c1-7(2)12(15)14(19)16-9-4-5-11-10(6-9)17-13(18)8(3)20-11/h4-8,12H,15H2,1-3H3,(H,16,19)(H,17,18)/t8?,12-/m0/s1. The molecule has 6 heteroatoms. The summed E-state index contributed by atoms with van der Waals surface area (Å²) in [5.74, 6) is 0.177. The van der Waals surface area contributed by atoms with Crippen molar-refractivity contribution in [3.63, 3.8) is 0 Å². The number of nitrogens with one attached hydrogen (secondary N) is 2. The van der Waals surface area contributed by atoms with Gasteiger partial charge in [-0.25, -0.2) is 0 Å². The van der Waals surface area contributed by atoms with Crippen molar-refractivity contribution < 1.29 is 14.3 Å². The van der Waals surface area contributed by atoms with Crippen LogP contribution < -0.4 is 21.1 Å². The zero-order valence-corrected chi connectivity index (χ0v) is 11.8. The fourth-order valence-electron chi connectivity index (χ4n) is 1.81. The fraction of sp³-hybridized carbons (Fsp3) is 0.429. The molecule has 0 aromatic heterocycles. The van der Waals surface area contributed by atoms with E-state index < -0.39 is 12.1 Å². The lowest BCUT2D eigenvalue weighted by atomic mass is 10.0. The van der Waals surface area contributed by atoms with Gasteiger partial charge in [-0.3, -0.25) is 9.59 Å². The average molecular weight is 277 g/mol. The molecule has 0 spiro atoms. The average Bonchev–Trinajstić information content (AvgIpc) is 2.39. The highest BCUT2D eigenvalue weighted by Gasteiger charge is 2.24. The lowest BCUT2D eigenvalue weighted by molar-refractivity contribution is -0.122. The smallest absolute Gasteiger partial charge is 0.265 e. The second-order valence-corrected chi connectivity index (χ2v) is 5.22. The van der Waals surface area contributed by atoms with Crippen LogP contribution in [-0.4, -0.2) is 24.0 Å². The Morgan fingerprint density at radius 3 is 2.80 bits per heavy atom. The lowest BCUT2D eigenvalue weighted by Crippen LogP contribution is -2.39. The van der Waals surface area contributed by atoms with Crippen molar-refractivity contribution >= 4 is 23.2 Å². The van der Waals surface area contributed by atoms with Crippen LogP contribution >= 0.6 is 0 Å². The Morgan fingerprint density at radius 2 is 2.15 bits per heavy atom. The molecular weight excluding hydrogens is 258 g/mol. The Balaban J connectivity index is 2.14. The number of amides is 2. The number of hydrogen-bond acceptors (Lipinski definition) is 4. The summed E-state index contributed by atoms with van der Waals surface area (Å²) >= 11 is 0. The largest absolute Gasteiger partial charge is 0.479 e. The highest BCUT2D eigenvalue weighted by atomic mass is 16.5. The number of nitrogens with two attached hydrogens (primary N) is 1. The van der Waals surface area contributed by atoms with Crippen molar-refractivity contribution in [2.75, 3.05) is 10.6 Å². The van der Waals surface area contributed by atoms with E-state index in [0.29, 0.717) is 17.1 Å². The molecule has 0 bridgehead atoms. The van der Waals surface area contributed by atoms with Gasteiger partial charge in [-0.05, 0) is 31.0 Å². The number of rotatable bonds is 3. The Kier molecular flexibility index (Phi) is 3.94. The SMILES string of the molecule is CC1Oc2ccc(NC(=O)[C@@H](N)C(C)C)cc2NC1=O. The molecule has 2 rings (SSSR count). The number of benzene rings is 1. The minimum atomic E-state index is -0.572. The second kappa shape index (κ2) is 5.50. The van der Waals surface area contributed by atoms with E-state index in [-0.39, 0.29) is 17.7 Å². The lowest BCUT2D eigenvalue weighted by Gasteiger charge is -2.24. The van der Waals surface area contributed by atoms with Crippen LogP contribution in [0, 0.1) is 5.92 Å². The van der Waals surface area contributed by atoms with Crippen LogP contribution in [0.2, 0.25) is 0 Å². The molecule has 0 fully saturated rings. The summed E-state index contributed by atoms with van der Waals surface area (Å²) in [6, 6.07) is 4.51. The number of ether oxygens (including phenoxy) is 1. The van der Waals surface area contributed by atoms with Crippen LogP contribution in [0.15, 0.2) is 18.2 Å². The molecule has 1 heterocycles. The number of hydrogen-bond donors (Lipinski definition) is 3. The molecule has 0 saturated carbocycles. The topological polar surface area (TPSA) is 93.4 Å². The molecule has 0 radical (unpaired) electrons. The second-order valence-electron chi connectivity index (χ2n) is 5.22. The highest BCUT2D eigenvalue weighted by molar-refractivity contribution is 6.00. The van der Waals surface area contributed by atoms with E-state index in [0.717, 1.165) is 0 Å². The molecule has 2 amide bonds. The Labute approximate surface area is 117 Å². The Hall–Kier alpha value is -2.08. The maximum absolute atomic E-state index is 11.9. The van der Waals surface area contributed by atoms with E-state index in [2.05, 4.69) is 10.6 Å². The van der Waals surface area contributed by atoms with Gasteiger partial charge in [0.15, 0.2) is 6.10 Å². The van der Waals surface area contributed by atoms with Crippen molar-refractivity contribution in [2.24, 2.45) is 11.7 Å². The predicted molar refractivity (Wildman–Crippen MR) is 76.6 cm³/mol. The summed E-state index contributed by atoms with van der Waals surface area (Å²) in [6.45, 7) is 5.44. The maximum Gasteiger partial charge on any atom is 0.265 e. The molecule has 1 aliphatic heterocycles. The van der Waals surface area contributed by atoms with Gasteiger partial charge in [0.25, 0.3) is 5.91 Å². The van der Waals surface area contributed by atoms with Crippen molar-refractivity contribution in [1.82, 2.24) is 0 Å². The normalized spacial score (nSPS) is 18.9.